The molecule has 1 N–H and O–H groups in total. The van der Waals surface area contributed by atoms with E-state index in [0.717, 1.165) is 31.1 Å². The van der Waals surface area contributed by atoms with E-state index in [0.29, 0.717) is 6.10 Å². The molecule has 4 nitrogen and oxygen atoms in total. The van der Waals surface area contributed by atoms with E-state index in [1.807, 2.05) is 26.0 Å². The molecule has 0 bridgehead atoms. The van der Waals surface area contributed by atoms with Crippen LogP contribution in [0.15, 0.2) is 18.3 Å². The largest absolute Gasteiger partial charge is 0.487 e. The topological polar surface area (TPSA) is 43.4 Å². The van der Waals surface area contributed by atoms with Gasteiger partial charge >= 0.3 is 0 Å². The van der Waals surface area contributed by atoms with E-state index in [2.05, 4.69) is 10.3 Å². The maximum atomic E-state index is 5.73. The van der Waals surface area contributed by atoms with Crippen molar-refractivity contribution in [3.8, 4) is 5.75 Å². The second-order valence-corrected chi connectivity index (χ2v) is 5.22. The summed E-state index contributed by atoms with van der Waals surface area (Å²) < 4.78 is 11.5. The molecule has 0 aliphatic carbocycles. The minimum atomic E-state index is 0.159. The third-order valence-corrected chi connectivity index (χ3v) is 3.17. The first kappa shape index (κ1) is 14.1. The predicted octanol–water partition coefficient (Wildman–Crippen LogP) is 3.24. The lowest BCUT2D eigenvalue weighted by molar-refractivity contribution is 0.0134. The fourth-order valence-corrected chi connectivity index (χ4v) is 2.26. The number of hydrogen-bond acceptors (Lipinski definition) is 4. The number of anilines is 1. The van der Waals surface area contributed by atoms with Crippen molar-refractivity contribution in [2.45, 2.75) is 51.7 Å². The molecule has 2 heterocycles. The van der Waals surface area contributed by atoms with Crippen LogP contribution in [0.4, 0.5) is 5.82 Å². The molecule has 1 saturated heterocycles. The highest BCUT2D eigenvalue weighted by Gasteiger charge is 2.13. The van der Waals surface area contributed by atoms with Crippen LogP contribution in [-0.2, 0) is 4.74 Å². The molecule has 1 aromatic heterocycles. The molecular formula is C15H24N2O2. The van der Waals surface area contributed by atoms with Crippen molar-refractivity contribution in [3.05, 3.63) is 18.3 Å². The number of rotatable bonds is 6. The molecule has 1 fully saturated rings. The number of aromatic nitrogens is 1. The van der Waals surface area contributed by atoms with Crippen molar-refractivity contribution in [1.82, 2.24) is 4.98 Å². The molecule has 0 saturated carbocycles. The lowest BCUT2D eigenvalue weighted by Gasteiger charge is -2.23. The van der Waals surface area contributed by atoms with Crippen LogP contribution in [0.5, 0.6) is 5.75 Å². The summed E-state index contributed by atoms with van der Waals surface area (Å²) >= 11 is 0. The summed E-state index contributed by atoms with van der Waals surface area (Å²) in [5.74, 6) is 1.65. The first-order valence-corrected chi connectivity index (χ1v) is 7.23. The van der Waals surface area contributed by atoms with Gasteiger partial charge in [-0.15, -0.1) is 0 Å². The van der Waals surface area contributed by atoms with Crippen LogP contribution in [0.3, 0.4) is 0 Å². The van der Waals surface area contributed by atoms with E-state index in [-0.39, 0.29) is 6.10 Å². The van der Waals surface area contributed by atoms with E-state index in [1.165, 1.54) is 19.3 Å². The minimum absolute atomic E-state index is 0.159. The van der Waals surface area contributed by atoms with Gasteiger partial charge in [0.15, 0.2) is 11.6 Å². The third kappa shape index (κ3) is 4.71. The molecule has 4 heteroatoms. The molecule has 0 amide bonds. The van der Waals surface area contributed by atoms with Gasteiger partial charge in [0.1, 0.15) is 0 Å². The Kier molecular flexibility index (Phi) is 5.45. The Balaban J connectivity index is 1.81. The molecule has 1 unspecified atom stereocenters. The van der Waals surface area contributed by atoms with Crippen LogP contribution in [0, 0.1) is 0 Å². The minimum Gasteiger partial charge on any atom is -0.487 e. The molecule has 0 spiro atoms. The van der Waals surface area contributed by atoms with Gasteiger partial charge in [0.2, 0.25) is 0 Å². The fourth-order valence-electron chi connectivity index (χ4n) is 2.26. The summed E-state index contributed by atoms with van der Waals surface area (Å²) in [7, 11) is 0. The second-order valence-electron chi connectivity index (χ2n) is 5.22. The van der Waals surface area contributed by atoms with Crippen LogP contribution in [0.2, 0.25) is 0 Å². The van der Waals surface area contributed by atoms with Gasteiger partial charge in [-0.2, -0.15) is 0 Å². The van der Waals surface area contributed by atoms with Crippen molar-refractivity contribution in [1.29, 1.82) is 0 Å². The zero-order valence-corrected chi connectivity index (χ0v) is 11.9. The molecule has 1 aliphatic rings. The van der Waals surface area contributed by atoms with E-state index in [9.17, 15) is 0 Å². The Morgan fingerprint density at radius 3 is 3.11 bits per heavy atom. The van der Waals surface area contributed by atoms with Crippen LogP contribution in [0.1, 0.15) is 39.5 Å². The monoisotopic (exact) mass is 264 g/mol. The second kappa shape index (κ2) is 7.34. The summed E-state index contributed by atoms with van der Waals surface area (Å²) in [4.78, 5) is 4.34. The predicted molar refractivity (Wildman–Crippen MR) is 76.7 cm³/mol. The molecule has 0 radical (unpaired) electrons. The lowest BCUT2D eigenvalue weighted by atomic mass is 10.1. The summed E-state index contributed by atoms with van der Waals surface area (Å²) in [6.45, 7) is 5.82. The van der Waals surface area contributed by atoms with Gasteiger partial charge in [-0.05, 0) is 51.7 Å². The lowest BCUT2D eigenvalue weighted by Crippen LogP contribution is -2.22. The first-order chi connectivity index (χ1) is 9.25. The Morgan fingerprint density at radius 1 is 1.47 bits per heavy atom. The van der Waals surface area contributed by atoms with Gasteiger partial charge in [0, 0.05) is 19.3 Å². The molecule has 19 heavy (non-hydrogen) atoms. The third-order valence-electron chi connectivity index (χ3n) is 3.17. The Bertz CT molecular complexity index is 376. The summed E-state index contributed by atoms with van der Waals surface area (Å²) in [5.41, 5.74) is 0. The smallest absolute Gasteiger partial charge is 0.168 e. The van der Waals surface area contributed by atoms with Crippen LogP contribution >= 0.6 is 0 Å². The van der Waals surface area contributed by atoms with E-state index >= 15 is 0 Å². The number of nitrogens with zero attached hydrogens (tertiary/aromatic N) is 1. The number of ether oxygens (including phenoxy) is 2. The van der Waals surface area contributed by atoms with Crippen molar-refractivity contribution in [2.75, 3.05) is 18.5 Å². The summed E-state index contributed by atoms with van der Waals surface area (Å²) in [6.07, 6.45) is 7.04. The zero-order valence-electron chi connectivity index (χ0n) is 11.9. The molecule has 2 rings (SSSR count). The Hall–Kier alpha value is -1.29. The van der Waals surface area contributed by atoms with Crippen LogP contribution in [-0.4, -0.2) is 30.3 Å². The maximum absolute atomic E-state index is 5.73. The van der Waals surface area contributed by atoms with Crippen molar-refractivity contribution in [3.63, 3.8) is 0 Å². The highest BCUT2D eigenvalue weighted by atomic mass is 16.5. The first-order valence-electron chi connectivity index (χ1n) is 7.23. The van der Waals surface area contributed by atoms with Crippen molar-refractivity contribution < 1.29 is 9.47 Å². The Morgan fingerprint density at radius 2 is 2.37 bits per heavy atom. The molecule has 0 aromatic carbocycles. The van der Waals surface area contributed by atoms with Crippen LogP contribution in [0.25, 0.3) is 0 Å². The highest BCUT2D eigenvalue weighted by molar-refractivity contribution is 5.49. The zero-order chi connectivity index (χ0) is 13.5. The molecule has 1 aliphatic heterocycles. The molecule has 1 aromatic rings. The van der Waals surface area contributed by atoms with Gasteiger partial charge < -0.3 is 14.8 Å². The number of nitrogens with one attached hydrogen (secondary N) is 1. The molecule has 106 valence electrons. The van der Waals surface area contributed by atoms with E-state index in [1.54, 1.807) is 6.20 Å². The average Bonchev–Trinajstić information content (AvgIpc) is 2.41. The quantitative estimate of drug-likeness (QED) is 0.856. The Labute approximate surface area is 115 Å². The van der Waals surface area contributed by atoms with Gasteiger partial charge in [-0.25, -0.2) is 4.98 Å². The van der Waals surface area contributed by atoms with Gasteiger partial charge in [0.05, 0.1) is 12.2 Å². The van der Waals surface area contributed by atoms with Crippen LogP contribution < -0.4 is 10.1 Å². The average molecular weight is 264 g/mol. The fraction of sp³-hybridized carbons (Fsp3) is 0.667. The summed E-state index contributed by atoms with van der Waals surface area (Å²) in [5, 5.41) is 3.35. The number of pyridine rings is 1. The van der Waals surface area contributed by atoms with Gasteiger partial charge in [-0.1, -0.05) is 0 Å². The number of hydrogen-bond donors (Lipinski definition) is 1. The molecular weight excluding hydrogens is 240 g/mol. The van der Waals surface area contributed by atoms with E-state index < -0.39 is 0 Å². The molecule has 1 atom stereocenters. The van der Waals surface area contributed by atoms with Gasteiger partial charge in [0.25, 0.3) is 0 Å². The van der Waals surface area contributed by atoms with Crippen molar-refractivity contribution >= 4 is 5.82 Å². The maximum Gasteiger partial charge on any atom is 0.168 e. The normalized spacial score (nSPS) is 19.4. The SMILES string of the molecule is CC(C)Oc1cccnc1NCCC1CCCCO1. The van der Waals surface area contributed by atoms with E-state index in [4.69, 9.17) is 9.47 Å². The van der Waals surface area contributed by atoms with Gasteiger partial charge in [-0.3, -0.25) is 0 Å². The summed E-state index contributed by atoms with van der Waals surface area (Å²) in [6, 6.07) is 3.85. The van der Waals surface area contributed by atoms with Crippen molar-refractivity contribution in [2.24, 2.45) is 0 Å². The standard InChI is InChI=1S/C15H24N2O2/c1-12(2)19-14-7-5-9-16-15(14)17-10-8-13-6-3-4-11-18-13/h5,7,9,12-13H,3-4,6,8,10-11H2,1-2H3,(H,16,17). The highest BCUT2D eigenvalue weighted by Crippen LogP contribution is 2.22.